The lowest BCUT2D eigenvalue weighted by Crippen LogP contribution is -2.27. The van der Waals surface area contributed by atoms with Crippen LogP contribution in [0.1, 0.15) is 31.4 Å². The molecule has 2 aromatic carbocycles. The molecule has 6 heteroatoms. The molecule has 2 aromatic rings. The lowest BCUT2D eigenvalue weighted by molar-refractivity contribution is -0.123. The molecule has 0 saturated carbocycles. The number of benzene rings is 2. The van der Waals surface area contributed by atoms with E-state index in [-0.39, 0.29) is 17.7 Å². The van der Waals surface area contributed by atoms with E-state index in [1.54, 1.807) is 6.08 Å². The van der Waals surface area contributed by atoms with E-state index in [0.717, 1.165) is 29.3 Å². The maximum atomic E-state index is 12.7. The number of imide groups is 1. The van der Waals surface area contributed by atoms with Crippen LogP contribution in [-0.2, 0) is 11.3 Å². The molecule has 1 aliphatic heterocycles. The van der Waals surface area contributed by atoms with Crippen LogP contribution in [0.25, 0.3) is 6.08 Å². The molecule has 0 aliphatic carbocycles. The molecule has 0 bridgehead atoms. The molecule has 2 amide bonds. The second-order valence-electron chi connectivity index (χ2n) is 6.24. The van der Waals surface area contributed by atoms with Gasteiger partial charge in [0, 0.05) is 0 Å². The smallest absolute Gasteiger partial charge is 0.293 e. The van der Waals surface area contributed by atoms with Gasteiger partial charge in [-0.05, 0) is 54.4 Å². The van der Waals surface area contributed by atoms with Crippen molar-refractivity contribution in [3.05, 3.63) is 64.6 Å². The average molecular weight is 397 g/mol. The molecular formula is C22H23NO4S. The van der Waals surface area contributed by atoms with Crippen LogP contribution in [0.5, 0.6) is 11.5 Å². The van der Waals surface area contributed by atoms with Crippen molar-refractivity contribution in [1.29, 1.82) is 0 Å². The van der Waals surface area contributed by atoms with Crippen molar-refractivity contribution in [2.75, 3.05) is 13.2 Å². The maximum absolute atomic E-state index is 12.7. The van der Waals surface area contributed by atoms with Crippen LogP contribution in [0.4, 0.5) is 4.79 Å². The predicted molar refractivity (Wildman–Crippen MR) is 111 cm³/mol. The third kappa shape index (κ3) is 4.75. The van der Waals surface area contributed by atoms with Gasteiger partial charge in [0.05, 0.1) is 24.7 Å². The van der Waals surface area contributed by atoms with Crippen LogP contribution in [0.3, 0.4) is 0 Å². The summed E-state index contributed by atoms with van der Waals surface area (Å²) in [6.07, 6.45) is 2.63. The molecular weight excluding hydrogens is 374 g/mol. The second kappa shape index (κ2) is 9.46. The van der Waals surface area contributed by atoms with Crippen molar-refractivity contribution in [2.45, 2.75) is 26.8 Å². The Morgan fingerprint density at radius 1 is 1.00 bits per heavy atom. The number of hydrogen-bond donors (Lipinski definition) is 0. The Bertz CT molecular complexity index is 879. The third-order valence-corrected chi connectivity index (χ3v) is 4.99. The maximum Gasteiger partial charge on any atom is 0.293 e. The molecule has 0 unspecified atom stereocenters. The Kier molecular flexibility index (Phi) is 6.76. The Hall–Kier alpha value is -2.73. The van der Waals surface area contributed by atoms with Gasteiger partial charge in [-0.15, -0.1) is 0 Å². The highest BCUT2D eigenvalue weighted by molar-refractivity contribution is 8.18. The van der Waals surface area contributed by atoms with Gasteiger partial charge < -0.3 is 9.47 Å². The van der Waals surface area contributed by atoms with Crippen LogP contribution in [0, 0.1) is 0 Å². The summed E-state index contributed by atoms with van der Waals surface area (Å²) >= 11 is 0.960. The fourth-order valence-corrected chi connectivity index (χ4v) is 3.61. The Morgan fingerprint density at radius 2 is 1.79 bits per heavy atom. The number of hydrogen-bond acceptors (Lipinski definition) is 5. The highest BCUT2D eigenvalue weighted by Gasteiger charge is 2.34. The minimum atomic E-state index is -0.275. The van der Waals surface area contributed by atoms with E-state index in [1.165, 1.54) is 4.90 Å². The molecule has 28 heavy (non-hydrogen) atoms. The Morgan fingerprint density at radius 3 is 2.50 bits per heavy atom. The second-order valence-corrected chi connectivity index (χ2v) is 7.23. The van der Waals surface area contributed by atoms with Crippen LogP contribution in [0.15, 0.2) is 53.4 Å². The summed E-state index contributed by atoms with van der Waals surface area (Å²) in [4.78, 5) is 26.7. The number of thioether (sulfide) groups is 1. The summed E-state index contributed by atoms with van der Waals surface area (Å²) in [6, 6.07) is 15.0. The van der Waals surface area contributed by atoms with E-state index in [0.29, 0.717) is 29.6 Å². The highest BCUT2D eigenvalue weighted by Crippen LogP contribution is 2.35. The first-order valence-corrected chi connectivity index (χ1v) is 10.1. The van der Waals surface area contributed by atoms with Gasteiger partial charge in [-0.2, -0.15) is 0 Å². The van der Waals surface area contributed by atoms with E-state index >= 15 is 0 Å². The first-order valence-electron chi connectivity index (χ1n) is 9.31. The zero-order valence-electron chi connectivity index (χ0n) is 16.0. The molecule has 1 saturated heterocycles. The molecule has 146 valence electrons. The molecule has 5 nitrogen and oxygen atoms in total. The van der Waals surface area contributed by atoms with E-state index < -0.39 is 0 Å². The van der Waals surface area contributed by atoms with Crippen LogP contribution in [0.2, 0.25) is 0 Å². The van der Waals surface area contributed by atoms with Crippen molar-refractivity contribution in [2.24, 2.45) is 0 Å². The quantitative estimate of drug-likeness (QED) is 0.579. The number of carbonyl (C=O) groups excluding carboxylic acids is 2. The van der Waals surface area contributed by atoms with Crippen molar-refractivity contribution < 1.29 is 19.1 Å². The molecule has 0 N–H and O–H groups in total. The normalized spacial score (nSPS) is 15.4. The topological polar surface area (TPSA) is 55.8 Å². The number of ether oxygens (including phenoxy) is 2. The van der Waals surface area contributed by atoms with Crippen molar-refractivity contribution in [3.8, 4) is 11.5 Å². The molecule has 1 fully saturated rings. The summed E-state index contributed by atoms with van der Waals surface area (Å²) in [6.45, 7) is 5.35. The fraction of sp³-hybridized carbons (Fsp3) is 0.273. The van der Waals surface area contributed by atoms with E-state index in [9.17, 15) is 9.59 Å². The third-order valence-electron chi connectivity index (χ3n) is 4.08. The number of rotatable bonds is 8. The van der Waals surface area contributed by atoms with Gasteiger partial charge in [0.2, 0.25) is 0 Å². The van der Waals surface area contributed by atoms with Gasteiger partial charge in [-0.25, -0.2) is 0 Å². The Labute approximate surface area is 169 Å². The van der Waals surface area contributed by atoms with Crippen molar-refractivity contribution in [1.82, 2.24) is 4.90 Å². The van der Waals surface area contributed by atoms with Crippen LogP contribution in [-0.4, -0.2) is 29.3 Å². The van der Waals surface area contributed by atoms with E-state index in [4.69, 9.17) is 9.47 Å². The monoisotopic (exact) mass is 397 g/mol. The summed E-state index contributed by atoms with van der Waals surface area (Å²) in [5, 5.41) is -0.256. The van der Waals surface area contributed by atoms with Crippen molar-refractivity contribution >= 4 is 29.0 Å². The molecule has 0 aromatic heterocycles. The number of carbonyl (C=O) groups is 2. The molecule has 3 rings (SSSR count). The summed E-state index contributed by atoms with van der Waals surface area (Å²) in [7, 11) is 0. The fourth-order valence-electron chi connectivity index (χ4n) is 2.77. The number of nitrogens with zero attached hydrogens (tertiary/aromatic N) is 1. The summed E-state index contributed by atoms with van der Waals surface area (Å²) in [5.41, 5.74) is 1.71. The number of amides is 2. The van der Waals surface area contributed by atoms with Gasteiger partial charge in [0.1, 0.15) is 0 Å². The zero-order valence-corrected chi connectivity index (χ0v) is 16.8. The first-order chi connectivity index (χ1) is 13.6. The predicted octanol–water partition coefficient (Wildman–Crippen LogP) is 5.11. The van der Waals surface area contributed by atoms with E-state index in [2.05, 4.69) is 0 Å². The van der Waals surface area contributed by atoms with Gasteiger partial charge in [0.15, 0.2) is 11.5 Å². The zero-order chi connectivity index (χ0) is 19.9. The van der Waals surface area contributed by atoms with E-state index in [1.807, 2.05) is 62.4 Å². The van der Waals surface area contributed by atoms with Crippen LogP contribution < -0.4 is 9.47 Å². The summed E-state index contributed by atoms with van der Waals surface area (Å²) < 4.78 is 11.4. The highest BCUT2D eigenvalue weighted by atomic mass is 32.2. The Balaban J connectivity index is 1.80. The van der Waals surface area contributed by atoms with Gasteiger partial charge in [-0.3, -0.25) is 14.5 Å². The minimum Gasteiger partial charge on any atom is -0.490 e. The SMILES string of the molecule is CCCOc1ccc(/C=C2\SC(=O)N(Cc3ccccc3)C2=O)cc1OCC. The summed E-state index contributed by atoms with van der Waals surface area (Å²) in [5.74, 6) is 1.04. The lowest BCUT2D eigenvalue weighted by atomic mass is 10.1. The van der Waals surface area contributed by atoms with Gasteiger partial charge in [-0.1, -0.05) is 43.3 Å². The molecule has 1 heterocycles. The molecule has 0 radical (unpaired) electrons. The largest absolute Gasteiger partial charge is 0.490 e. The lowest BCUT2D eigenvalue weighted by Gasteiger charge is -2.12. The minimum absolute atomic E-state index is 0.256. The standard InChI is InChI=1S/C22H23NO4S/c1-3-12-27-18-11-10-17(13-19(18)26-4-2)14-20-21(24)23(22(25)28-20)15-16-8-6-5-7-9-16/h5-11,13-14H,3-4,12,15H2,1-2H3/b20-14-. The van der Waals surface area contributed by atoms with Crippen LogP contribution >= 0.6 is 11.8 Å². The molecule has 1 aliphatic rings. The molecule has 0 spiro atoms. The van der Waals surface area contributed by atoms with Crippen molar-refractivity contribution in [3.63, 3.8) is 0 Å². The molecule has 0 atom stereocenters. The average Bonchev–Trinajstić information content (AvgIpc) is 2.96. The van der Waals surface area contributed by atoms with Gasteiger partial charge in [0.25, 0.3) is 11.1 Å². The van der Waals surface area contributed by atoms with Gasteiger partial charge >= 0.3 is 0 Å². The first kappa shape index (κ1) is 20.0.